The van der Waals surface area contributed by atoms with Crippen LogP contribution in [0.5, 0.6) is 0 Å². The molecule has 1 atom stereocenters. The molecule has 1 nitrogen and oxygen atoms in total. The standard InChI is InChI=1S/C13H15N/c1-11-7-9-13(14-11)10-8-12-5-3-2-4-6-12/h2-6,8,10-11H,7,9H2,1H3/b10-8+. The number of hydrogen-bond acceptors (Lipinski definition) is 1. The van der Waals surface area contributed by atoms with Gasteiger partial charge in [-0.3, -0.25) is 4.99 Å². The molecule has 1 heterocycles. The van der Waals surface area contributed by atoms with E-state index in [-0.39, 0.29) is 0 Å². The average Bonchev–Trinajstić information content (AvgIpc) is 2.63. The highest BCUT2D eigenvalue weighted by molar-refractivity contribution is 5.99. The number of aliphatic imine (C=N–C) groups is 1. The van der Waals surface area contributed by atoms with Crippen molar-refractivity contribution >= 4 is 11.8 Å². The third-order valence-corrected chi connectivity index (χ3v) is 2.47. The molecule has 1 aromatic rings. The zero-order chi connectivity index (χ0) is 9.80. The molecule has 0 spiro atoms. The first kappa shape index (κ1) is 9.20. The molecule has 14 heavy (non-hydrogen) atoms. The lowest BCUT2D eigenvalue weighted by Crippen LogP contribution is -1.86. The van der Waals surface area contributed by atoms with E-state index in [2.05, 4.69) is 48.3 Å². The second kappa shape index (κ2) is 4.23. The summed E-state index contributed by atoms with van der Waals surface area (Å²) in [5, 5.41) is 0. The van der Waals surface area contributed by atoms with E-state index in [9.17, 15) is 0 Å². The fourth-order valence-electron chi connectivity index (χ4n) is 1.65. The van der Waals surface area contributed by atoms with E-state index in [0.29, 0.717) is 6.04 Å². The van der Waals surface area contributed by atoms with Crippen LogP contribution in [0.15, 0.2) is 41.4 Å². The van der Waals surface area contributed by atoms with Crippen LogP contribution in [0.1, 0.15) is 25.3 Å². The molecule has 0 saturated carbocycles. The normalized spacial score (nSPS) is 21.5. The highest BCUT2D eigenvalue weighted by Gasteiger charge is 2.09. The molecule has 0 fully saturated rings. The zero-order valence-electron chi connectivity index (χ0n) is 8.48. The zero-order valence-corrected chi connectivity index (χ0v) is 8.48. The van der Waals surface area contributed by atoms with Crippen molar-refractivity contribution in [2.45, 2.75) is 25.8 Å². The molecule has 2 rings (SSSR count). The largest absolute Gasteiger partial charge is 0.287 e. The van der Waals surface area contributed by atoms with E-state index >= 15 is 0 Å². The van der Waals surface area contributed by atoms with Gasteiger partial charge in [0.2, 0.25) is 0 Å². The first-order valence-electron chi connectivity index (χ1n) is 5.14. The van der Waals surface area contributed by atoms with Crippen LogP contribution in [0, 0.1) is 0 Å². The van der Waals surface area contributed by atoms with Crippen LogP contribution in [0.4, 0.5) is 0 Å². The van der Waals surface area contributed by atoms with Crippen molar-refractivity contribution in [1.29, 1.82) is 0 Å². The number of allylic oxidation sites excluding steroid dienone is 1. The first-order chi connectivity index (χ1) is 6.84. The average molecular weight is 185 g/mol. The summed E-state index contributed by atoms with van der Waals surface area (Å²) in [4.78, 5) is 4.53. The van der Waals surface area contributed by atoms with Gasteiger partial charge in [-0.25, -0.2) is 0 Å². The number of hydrogen-bond donors (Lipinski definition) is 0. The Hall–Kier alpha value is -1.37. The molecule has 1 heteroatoms. The van der Waals surface area contributed by atoms with Crippen LogP contribution in [0.2, 0.25) is 0 Å². The Morgan fingerprint density at radius 1 is 1.21 bits per heavy atom. The number of rotatable bonds is 2. The molecule has 0 aromatic heterocycles. The summed E-state index contributed by atoms with van der Waals surface area (Å²) in [5.41, 5.74) is 2.48. The quantitative estimate of drug-likeness (QED) is 0.670. The maximum Gasteiger partial charge on any atom is 0.0478 e. The molecule has 1 unspecified atom stereocenters. The maximum atomic E-state index is 4.53. The third-order valence-electron chi connectivity index (χ3n) is 2.47. The summed E-state index contributed by atoms with van der Waals surface area (Å²) in [6.45, 7) is 2.17. The maximum absolute atomic E-state index is 4.53. The monoisotopic (exact) mass is 185 g/mol. The molecule has 1 aromatic carbocycles. The van der Waals surface area contributed by atoms with Gasteiger partial charge in [0.15, 0.2) is 0 Å². The summed E-state index contributed by atoms with van der Waals surface area (Å²) in [5.74, 6) is 0. The molecule has 1 aliphatic heterocycles. The molecule has 72 valence electrons. The summed E-state index contributed by atoms with van der Waals surface area (Å²) >= 11 is 0. The molecule has 0 radical (unpaired) electrons. The van der Waals surface area contributed by atoms with Crippen LogP contribution in [0.3, 0.4) is 0 Å². The second-order valence-corrected chi connectivity index (χ2v) is 3.75. The van der Waals surface area contributed by atoms with Gasteiger partial charge >= 0.3 is 0 Å². The smallest absolute Gasteiger partial charge is 0.0478 e. The fourth-order valence-corrected chi connectivity index (χ4v) is 1.65. The van der Waals surface area contributed by atoms with Crippen LogP contribution in [0.25, 0.3) is 6.08 Å². The van der Waals surface area contributed by atoms with E-state index in [1.807, 2.05) is 6.07 Å². The lowest BCUT2D eigenvalue weighted by molar-refractivity contribution is 0.739. The van der Waals surface area contributed by atoms with Gasteiger partial charge in [0.1, 0.15) is 0 Å². The second-order valence-electron chi connectivity index (χ2n) is 3.75. The molecular formula is C13H15N. The Morgan fingerprint density at radius 3 is 2.64 bits per heavy atom. The lowest BCUT2D eigenvalue weighted by atomic mass is 10.1. The van der Waals surface area contributed by atoms with Crippen LogP contribution in [-0.2, 0) is 0 Å². The van der Waals surface area contributed by atoms with Gasteiger partial charge in [-0.05, 0) is 31.4 Å². The van der Waals surface area contributed by atoms with Crippen LogP contribution < -0.4 is 0 Å². The van der Waals surface area contributed by atoms with E-state index < -0.39 is 0 Å². The van der Waals surface area contributed by atoms with Crippen LogP contribution in [-0.4, -0.2) is 11.8 Å². The Kier molecular flexibility index (Phi) is 2.78. The Labute approximate surface area is 85.2 Å². The molecule has 1 aliphatic rings. The number of benzene rings is 1. The minimum absolute atomic E-state index is 0.519. The minimum Gasteiger partial charge on any atom is -0.287 e. The Morgan fingerprint density at radius 2 is 2.00 bits per heavy atom. The highest BCUT2D eigenvalue weighted by atomic mass is 14.8. The molecule has 0 saturated heterocycles. The van der Waals surface area contributed by atoms with Gasteiger partial charge in [-0.15, -0.1) is 0 Å². The predicted molar refractivity (Wildman–Crippen MR) is 61.6 cm³/mol. The van der Waals surface area contributed by atoms with Gasteiger partial charge in [0, 0.05) is 11.8 Å². The van der Waals surface area contributed by atoms with Crippen molar-refractivity contribution in [2.75, 3.05) is 0 Å². The summed E-state index contributed by atoms with van der Waals surface area (Å²) < 4.78 is 0. The topological polar surface area (TPSA) is 12.4 Å². The van der Waals surface area contributed by atoms with Crippen molar-refractivity contribution < 1.29 is 0 Å². The Bertz CT molecular complexity index is 349. The van der Waals surface area contributed by atoms with E-state index in [4.69, 9.17) is 0 Å². The van der Waals surface area contributed by atoms with Gasteiger partial charge in [0.25, 0.3) is 0 Å². The van der Waals surface area contributed by atoms with Crippen molar-refractivity contribution in [3.63, 3.8) is 0 Å². The van der Waals surface area contributed by atoms with Crippen molar-refractivity contribution in [1.82, 2.24) is 0 Å². The predicted octanol–water partition coefficient (Wildman–Crippen LogP) is 3.32. The Balaban J connectivity index is 2.04. The molecule has 0 bridgehead atoms. The summed E-state index contributed by atoms with van der Waals surface area (Å²) in [6, 6.07) is 10.9. The molecular weight excluding hydrogens is 170 g/mol. The summed E-state index contributed by atoms with van der Waals surface area (Å²) in [6.07, 6.45) is 6.61. The van der Waals surface area contributed by atoms with Gasteiger partial charge in [-0.2, -0.15) is 0 Å². The molecule has 0 amide bonds. The lowest BCUT2D eigenvalue weighted by Gasteiger charge is -1.91. The van der Waals surface area contributed by atoms with Crippen molar-refractivity contribution in [2.24, 2.45) is 4.99 Å². The van der Waals surface area contributed by atoms with Gasteiger partial charge in [-0.1, -0.05) is 36.4 Å². The number of nitrogens with zero attached hydrogens (tertiary/aromatic N) is 1. The van der Waals surface area contributed by atoms with E-state index in [1.54, 1.807) is 0 Å². The fraction of sp³-hybridized carbons (Fsp3) is 0.308. The van der Waals surface area contributed by atoms with Gasteiger partial charge < -0.3 is 0 Å². The first-order valence-corrected chi connectivity index (χ1v) is 5.14. The molecule has 0 aliphatic carbocycles. The minimum atomic E-state index is 0.519. The van der Waals surface area contributed by atoms with Gasteiger partial charge in [0.05, 0.1) is 0 Å². The molecule has 0 N–H and O–H groups in total. The third kappa shape index (κ3) is 2.32. The van der Waals surface area contributed by atoms with E-state index in [1.165, 1.54) is 17.7 Å². The SMILES string of the molecule is CC1CCC(/C=C/c2ccccc2)=N1. The van der Waals surface area contributed by atoms with Crippen molar-refractivity contribution in [3.8, 4) is 0 Å². The summed E-state index contributed by atoms with van der Waals surface area (Å²) in [7, 11) is 0. The van der Waals surface area contributed by atoms with Crippen LogP contribution >= 0.6 is 0 Å². The van der Waals surface area contributed by atoms with E-state index in [0.717, 1.165) is 6.42 Å². The van der Waals surface area contributed by atoms with Crippen molar-refractivity contribution in [3.05, 3.63) is 42.0 Å². The highest BCUT2D eigenvalue weighted by Crippen LogP contribution is 2.14.